The van der Waals surface area contributed by atoms with Crippen LogP contribution < -0.4 is 0 Å². The van der Waals surface area contributed by atoms with Crippen molar-refractivity contribution < 1.29 is 13.2 Å². The Morgan fingerprint density at radius 2 is 2.17 bits per heavy atom. The smallest absolute Gasteiger partial charge is 0.271 e. The topological polar surface area (TPSA) is 17.8 Å². The molecule has 2 nitrogen and oxygen atoms in total. The maximum atomic E-state index is 12.1. The van der Waals surface area contributed by atoms with Crippen molar-refractivity contribution >= 4 is 15.9 Å². The molecule has 1 heterocycles. The highest BCUT2D eigenvalue weighted by molar-refractivity contribution is 9.10. The van der Waals surface area contributed by atoms with E-state index in [0.29, 0.717) is 6.54 Å². The summed E-state index contributed by atoms with van der Waals surface area (Å²) in [6.07, 6.45) is -3.07. The largest absolute Gasteiger partial charge is 0.436 e. The molecule has 0 aliphatic carbocycles. The van der Waals surface area contributed by atoms with Gasteiger partial charge in [0.1, 0.15) is 0 Å². The normalized spacial score (nSPS) is 12.1. The molecule has 1 aromatic heterocycles. The third-order valence-corrected chi connectivity index (χ3v) is 1.89. The van der Waals surface area contributed by atoms with Gasteiger partial charge in [0.05, 0.1) is 4.47 Å². The van der Waals surface area contributed by atoms with Crippen LogP contribution in [0.1, 0.15) is 12.6 Å². The average molecular weight is 243 g/mol. The number of rotatable bonds is 1. The van der Waals surface area contributed by atoms with Crippen LogP contribution in [-0.2, 0) is 12.7 Å². The number of nitrogens with zero attached hydrogens (tertiary/aromatic N) is 2. The zero-order valence-electron chi connectivity index (χ0n) is 6.19. The van der Waals surface area contributed by atoms with E-state index < -0.39 is 11.9 Å². The lowest BCUT2D eigenvalue weighted by atomic mass is 10.4. The molecule has 0 fully saturated rings. The summed E-state index contributed by atoms with van der Waals surface area (Å²) in [5.41, 5.74) is -0.871. The van der Waals surface area contributed by atoms with Crippen LogP contribution in [0.15, 0.2) is 10.7 Å². The number of aromatic nitrogens is 2. The van der Waals surface area contributed by atoms with Crippen molar-refractivity contribution in [3.8, 4) is 0 Å². The van der Waals surface area contributed by atoms with E-state index in [1.54, 1.807) is 6.92 Å². The summed E-state index contributed by atoms with van der Waals surface area (Å²) < 4.78 is 37.5. The molecule has 0 aromatic carbocycles. The van der Waals surface area contributed by atoms with Crippen molar-refractivity contribution in [3.63, 3.8) is 0 Å². The molecule has 0 unspecified atom stereocenters. The van der Waals surface area contributed by atoms with Gasteiger partial charge in [-0.3, -0.25) is 4.68 Å². The van der Waals surface area contributed by atoms with E-state index in [-0.39, 0.29) is 4.47 Å². The van der Waals surface area contributed by atoms with E-state index >= 15 is 0 Å². The van der Waals surface area contributed by atoms with Gasteiger partial charge in [-0.05, 0) is 22.9 Å². The molecule has 0 bridgehead atoms. The lowest BCUT2D eigenvalue weighted by molar-refractivity contribution is -0.142. The van der Waals surface area contributed by atoms with E-state index in [2.05, 4.69) is 21.0 Å². The van der Waals surface area contributed by atoms with Crippen molar-refractivity contribution in [1.82, 2.24) is 9.78 Å². The first-order chi connectivity index (χ1) is 5.45. The maximum absolute atomic E-state index is 12.1. The molecule has 12 heavy (non-hydrogen) atoms. The van der Waals surface area contributed by atoms with Gasteiger partial charge in [-0.1, -0.05) is 0 Å². The van der Waals surface area contributed by atoms with E-state index in [9.17, 15) is 13.2 Å². The minimum absolute atomic E-state index is 0.0168. The van der Waals surface area contributed by atoms with E-state index in [4.69, 9.17) is 0 Å². The third-order valence-electron chi connectivity index (χ3n) is 1.31. The summed E-state index contributed by atoms with van der Waals surface area (Å²) in [6, 6.07) is 0. The lowest BCUT2D eigenvalue weighted by Gasteiger charge is -2.01. The Balaban J connectivity index is 3.08. The summed E-state index contributed by atoms with van der Waals surface area (Å²) in [5, 5.41) is 3.34. The molecule has 0 amide bonds. The first-order valence-electron chi connectivity index (χ1n) is 3.25. The van der Waals surface area contributed by atoms with Crippen LogP contribution in [0.2, 0.25) is 0 Å². The third kappa shape index (κ3) is 1.80. The average Bonchev–Trinajstić information content (AvgIpc) is 2.29. The minimum atomic E-state index is -4.38. The second kappa shape index (κ2) is 3.08. The molecule has 0 saturated heterocycles. The second-order valence-electron chi connectivity index (χ2n) is 2.18. The molecule has 0 radical (unpaired) electrons. The highest BCUT2D eigenvalue weighted by atomic mass is 79.9. The van der Waals surface area contributed by atoms with Crippen LogP contribution in [0.4, 0.5) is 13.2 Å². The SMILES string of the molecule is CCn1cc(Br)c(C(F)(F)F)n1. The van der Waals surface area contributed by atoms with E-state index in [0.717, 1.165) is 0 Å². The number of halogens is 4. The van der Waals surface area contributed by atoms with Crippen molar-refractivity contribution in [2.75, 3.05) is 0 Å². The zero-order valence-corrected chi connectivity index (χ0v) is 7.78. The number of hydrogen-bond acceptors (Lipinski definition) is 1. The van der Waals surface area contributed by atoms with Crippen LogP contribution in [0, 0.1) is 0 Å². The summed E-state index contributed by atoms with van der Waals surface area (Å²) >= 11 is 2.79. The standard InChI is InChI=1S/C6H6BrF3N2/c1-2-12-3-4(7)5(11-12)6(8,9)10/h3H,2H2,1H3. The maximum Gasteiger partial charge on any atom is 0.436 e. The predicted octanol–water partition coefficient (Wildman–Crippen LogP) is 2.68. The number of alkyl halides is 3. The molecule has 0 spiro atoms. The quantitative estimate of drug-likeness (QED) is 0.741. The highest BCUT2D eigenvalue weighted by Gasteiger charge is 2.36. The van der Waals surface area contributed by atoms with Crippen LogP contribution in [0.3, 0.4) is 0 Å². The van der Waals surface area contributed by atoms with Gasteiger partial charge in [0, 0.05) is 12.7 Å². The molecule has 1 rings (SSSR count). The summed E-state index contributed by atoms with van der Waals surface area (Å²) in [6.45, 7) is 2.15. The van der Waals surface area contributed by atoms with Crippen LogP contribution in [0.5, 0.6) is 0 Å². The molecular formula is C6H6BrF3N2. The predicted molar refractivity (Wildman–Crippen MR) is 40.6 cm³/mol. The van der Waals surface area contributed by atoms with Crippen molar-refractivity contribution in [2.45, 2.75) is 19.6 Å². The summed E-state index contributed by atoms with van der Waals surface area (Å²) in [5.74, 6) is 0. The van der Waals surface area contributed by atoms with Gasteiger partial charge in [-0.25, -0.2) is 0 Å². The molecule has 1 aromatic rings. The number of aryl methyl sites for hydroxylation is 1. The van der Waals surface area contributed by atoms with Gasteiger partial charge < -0.3 is 0 Å². The summed E-state index contributed by atoms with van der Waals surface area (Å²) in [4.78, 5) is 0. The monoisotopic (exact) mass is 242 g/mol. The molecular weight excluding hydrogens is 237 g/mol. The van der Waals surface area contributed by atoms with Gasteiger partial charge in [0.2, 0.25) is 0 Å². The van der Waals surface area contributed by atoms with Crippen molar-refractivity contribution in [2.24, 2.45) is 0 Å². The minimum Gasteiger partial charge on any atom is -0.271 e. The van der Waals surface area contributed by atoms with E-state index in [1.165, 1.54) is 10.9 Å². The second-order valence-corrected chi connectivity index (χ2v) is 3.03. The Morgan fingerprint density at radius 3 is 2.42 bits per heavy atom. The first kappa shape index (κ1) is 9.57. The summed E-state index contributed by atoms with van der Waals surface area (Å²) in [7, 11) is 0. The fraction of sp³-hybridized carbons (Fsp3) is 0.500. The van der Waals surface area contributed by atoms with Crippen LogP contribution >= 0.6 is 15.9 Å². The zero-order chi connectivity index (χ0) is 9.35. The molecule has 0 saturated carbocycles. The molecule has 0 atom stereocenters. The van der Waals surface area contributed by atoms with Crippen molar-refractivity contribution in [3.05, 3.63) is 16.4 Å². The fourth-order valence-corrected chi connectivity index (χ4v) is 1.29. The van der Waals surface area contributed by atoms with Crippen LogP contribution in [-0.4, -0.2) is 9.78 Å². The van der Waals surface area contributed by atoms with Gasteiger partial charge in [0.25, 0.3) is 0 Å². The molecule has 68 valence electrons. The highest BCUT2D eigenvalue weighted by Crippen LogP contribution is 2.33. The van der Waals surface area contributed by atoms with Gasteiger partial charge in [-0.15, -0.1) is 0 Å². The Hall–Kier alpha value is -0.520. The Kier molecular flexibility index (Phi) is 2.46. The fourth-order valence-electron chi connectivity index (χ4n) is 0.751. The van der Waals surface area contributed by atoms with Gasteiger partial charge in [-0.2, -0.15) is 18.3 Å². The first-order valence-corrected chi connectivity index (χ1v) is 4.04. The molecule has 0 N–H and O–H groups in total. The Morgan fingerprint density at radius 1 is 1.58 bits per heavy atom. The Bertz CT molecular complexity index is 279. The van der Waals surface area contributed by atoms with Crippen LogP contribution in [0.25, 0.3) is 0 Å². The number of hydrogen-bond donors (Lipinski definition) is 0. The molecule has 0 aliphatic rings. The molecule has 0 aliphatic heterocycles. The Labute approximate surface area is 75.5 Å². The lowest BCUT2D eigenvalue weighted by Crippen LogP contribution is -2.08. The van der Waals surface area contributed by atoms with E-state index in [1.807, 2.05) is 0 Å². The van der Waals surface area contributed by atoms with Gasteiger partial charge in [0.15, 0.2) is 5.69 Å². The van der Waals surface area contributed by atoms with Crippen molar-refractivity contribution in [1.29, 1.82) is 0 Å². The van der Waals surface area contributed by atoms with Gasteiger partial charge >= 0.3 is 6.18 Å². The molecule has 6 heteroatoms.